The molecule has 0 aliphatic carbocycles. The van der Waals surface area contributed by atoms with Crippen molar-refractivity contribution in [1.82, 2.24) is 19.5 Å². The van der Waals surface area contributed by atoms with E-state index < -0.39 is 0 Å². The Morgan fingerprint density at radius 2 is 1.79 bits per heavy atom. The lowest BCUT2D eigenvalue weighted by atomic mass is 10.1. The molecule has 0 fully saturated rings. The van der Waals surface area contributed by atoms with Crippen LogP contribution >= 0.6 is 0 Å². The van der Waals surface area contributed by atoms with Crippen LogP contribution in [0.2, 0.25) is 0 Å². The number of hydrogen-bond donors (Lipinski definition) is 0. The minimum absolute atomic E-state index is 0.801. The van der Waals surface area contributed by atoms with Gasteiger partial charge in [-0.2, -0.15) is 0 Å². The van der Waals surface area contributed by atoms with Crippen LogP contribution in [0.25, 0.3) is 27.6 Å². The number of nitrogens with zero attached hydrogens (tertiary/aromatic N) is 4. The van der Waals surface area contributed by atoms with Crippen LogP contribution in [0.5, 0.6) is 0 Å². The Morgan fingerprint density at radius 3 is 2.79 bits per heavy atom. The van der Waals surface area contributed by atoms with Crippen LogP contribution in [0.1, 0.15) is 0 Å². The van der Waals surface area contributed by atoms with Gasteiger partial charge in [0.1, 0.15) is 18.2 Å². The first-order valence-corrected chi connectivity index (χ1v) is 6.05. The van der Waals surface area contributed by atoms with Crippen molar-refractivity contribution in [2.45, 2.75) is 0 Å². The van der Waals surface area contributed by atoms with Gasteiger partial charge in [0.25, 0.3) is 0 Å². The van der Waals surface area contributed by atoms with Crippen molar-refractivity contribution in [2.24, 2.45) is 0 Å². The first kappa shape index (κ1) is 10.2. The SMILES string of the molecule is c1ccc2c(-n3cnc4cncnc43)cccc2c1. The van der Waals surface area contributed by atoms with E-state index >= 15 is 0 Å². The first-order valence-electron chi connectivity index (χ1n) is 6.05. The van der Waals surface area contributed by atoms with Crippen LogP contribution < -0.4 is 0 Å². The van der Waals surface area contributed by atoms with E-state index in [2.05, 4.69) is 39.2 Å². The van der Waals surface area contributed by atoms with E-state index in [1.807, 2.05) is 22.8 Å². The van der Waals surface area contributed by atoms with Crippen molar-refractivity contribution in [3.8, 4) is 5.69 Å². The number of imidazole rings is 1. The van der Waals surface area contributed by atoms with E-state index in [1.54, 1.807) is 18.9 Å². The van der Waals surface area contributed by atoms with E-state index in [-0.39, 0.29) is 0 Å². The van der Waals surface area contributed by atoms with Crippen LogP contribution in [-0.2, 0) is 0 Å². The Labute approximate surface area is 109 Å². The topological polar surface area (TPSA) is 43.6 Å². The fourth-order valence-corrected chi connectivity index (χ4v) is 2.36. The van der Waals surface area contributed by atoms with Crippen LogP contribution in [0.15, 0.2) is 61.3 Å². The molecular weight excluding hydrogens is 236 g/mol. The summed E-state index contributed by atoms with van der Waals surface area (Å²) in [7, 11) is 0. The smallest absolute Gasteiger partial charge is 0.167 e. The molecule has 4 aromatic rings. The summed E-state index contributed by atoms with van der Waals surface area (Å²) in [6.07, 6.45) is 5.07. The Kier molecular flexibility index (Phi) is 2.08. The Balaban J connectivity index is 2.10. The largest absolute Gasteiger partial charge is 0.283 e. The van der Waals surface area contributed by atoms with Gasteiger partial charge in [0, 0.05) is 5.39 Å². The lowest BCUT2D eigenvalue weighted by molar-refractivity contribution is 1.07. The highest BCUT2D eigenvalue weighted by Crippen LogP contribution is 2.24. The maximum absolute atomic E-state index is 4.34. The summed E-state index contributed by atoms with van der Waals surface area (Å²) >= 11 is 0. The highest BCUT2D eigenvalue weighted by atomic mass is 15.1. The van der Waals surface area contributed by atoms with Crippen molar-refractivity contribution in [2.75, 3.05) is 0 Å². The van der Waals surface area contributed by atoms with Crippen molar-refractivity contribution < 1.29 is 0 Å². The molecule has 2 aromatic heterocycles. The molecule has 4 heteroatoms. The standard InChI is InChI=1S/C15H10N4/c1-2-6-12-11(4-1)5-3-7-14(12)19-10-18-13-8-16-9-17-15(13)19/h1-10H. The predicted octanol–water partition coefficient (Wildman–Crippen LogP) is 2.97. The van der Waals surface area contributed by atoms with E-state index in [0.29, 0.717) is 0 Å². The molecule has 0 aliphatic rings. The molecule has 2 heterocycles. The van der Waals surface area contributed by atoms with E-state index in [1.165, 1.54) is 10.8 Å². The van der Waals surface area contributed by atoms with Crippen LogP contribution in [0.4, 0.5) is 0 Å². The second-order valence-electron chi connectivity index (χ2n) is 4.34. The van der Waals surface area contributed by atoms with Gasteiger partial charge in [-0.05, 0) is 11.5 Å². The van der Waals surface area contributed by atoms with Crippen molar-refractivity contribution in [3.05, 3.63) is 61.3 Å². The summed E-state index contributed by atoms with van der Waals surface area (Å²) in [5, 5.41) is 2.39. The van der Waals surface area contributed by atoms with Crippen LogP contribution in [-0.4, -0.2) is 19.5 Å². The van der Waals surface area contributed by atoms with Crippen molar-refractivity contribution in [3.63, 3.8) is 0 Å². The Morgan fingerprint density at radius 1 is 0.895 bits per heavy atom. The van der Waals surface area contributed by atoms with Gasteiger partial charge in [-0.1, -0.05) is 36.4 Å². The fraction of sp³-hybridized carbons (Fsp3) is 0. The molecule has 0 atom stereocenters. The molecule has 0 radical (unpaired) electrons. The van der Waals surface area contributed by atoms with E-state index in [4.69, 9.17) is 0 Å². The molecule has 4 rings (SSSR count). The van der Waals surface area contributed by atoms with Gasteiger partial charge in [0.05, 0.1) is 11.9 Å². The maximum atomic E-state index is 4.34. The number of hydrogen-bond acceptors (Lipinski definition) is 3. The van der Waals surface area contributed by atoms with Gasteiger partial charge in [0.2, 0.25) is 0 Å². The van der Waals surface area contributed by atoms with E-state index in [0.717, 1.165) is 16.9 Å². The molecule has 0 saturated heterocycles. The second kappa shape index (κ2) is 3.88. The summed E-state index contributed by atoms with van der Waals surface area (Å²) in [5.41, 5.74) is 2.71. The molecule has 4 nitrogen and oxygen atoms in total. The maximum Gasteiger partial charge on any atom is 0.167 e. The molecule has 0 aliphatic heterocycles. The third kappa shape index (κ3) is 1.50. The molecule has 2 aromatic carbocycles. The Hall–Kier alpha value is -2.75. The molecule has 0 spiro atoms. The lowest BCUT2D eigenvalue weighted by Gasteiger charge is -2.07. The van der Waals surface area contributed by atoms with Gasteiger partial charge in [-0.3, -0.25) is 4.57 Å². The molecule has 19 heavy (non-hydrogen) atoms. The van der Waals surface area contributed by atoms with Gasteiger partial charge < -0.3 is 0 Å². The molecule has 0 unspecified atom stereocenters. The fourth-order valence-electron chi connectivity index (χ4n) is 2.36. The molecule has 0 bridgehead atoms. The molecular formula is C15H10N4. The van der Waals surface area contributed by atoms with Gasteiger partial charge >= 0.3 is 0 Å². The highest BCUT2D eigenvalue weighted by Gasteiger charge is 2.08. The molecule has 0 saturated carbocycles. The second-order valence-corrected chi connectivity index (χ2v) is 4.34. The van der Waals surface area contributed by atoms with E-state index in [9.17, 15) is 0 Å². The number of fused-ring (bicyclic) bond motifs is 2. The van der Waals surface area contributed by atoms with Gasteiger partial charge in [0.15, 0.2) is 5.65 Å². The third-order valence-electron chi connectivity index (χ3n) is 3.24. The Bertz CT molecular complexity index is 874. The zero-order chi connectivity index (χ0) is 12.7. The number of rotatable bonds is 1. The molecule has 0 amide bonds. The summed E-state index contributed by atoms with van der Waals surface area (Å²) in [6, 6.07) is 14.5. The van der Waals surface area contributed by atoms with Gasteiger partial charge in [-0.25, -0.2) is 15.0 Å². The summed E-state index contributed by atoms with van der Waals surface area (Å²) in [5.74, 6) is 0. The average molecular weight is 246 g/mol. The van der Waals surface area contributed by atoms with Crippen molar-refractivity contribution >= 4 is 21.9 Å². The summed E-state index contributed by atoms with van der Waals surface area (Å²) in [4.78, 5) is 12.6. The normalized spacial score (nSPS) is 11.2. The average Bonchev–Trinajstić information content (AvgIpc) is 2.90. The predicted molar refractivity (Wildman–Crippen MR) is 74.2 cm³/mol. The first-order chi connectivity index (χ1) is 9.43. The zero-order valence-corrected chi connectivity index (χ0v) is 10.1. The minimum atomic E-state index is 0.801. The van der Waals surface area contributed by atoms with Crippen LogP contribution in [0.3, 0.4) is 0 Å². The zero-order valence-electron chi connectivity index (χ0n) is 10.1. The number of aromatic nitrogens is 4. The number of benzene rings is 2. The third-order valence-corrected chi connectivity index (χ3v) is 3.24. The highest BCUT2D eigenvalue weighted by molar-refractivity contribution is 5.91. The molecule has 90 valence electrons. The summed E-state index contributed by atoms with van der Waals surface area (Å²) < 4.78 is 2.00. The van der Waals surface area contributed by atoms with Crippen molar-refractivity contribution in [1.29, 1.82) is 0 Å². The quantitative estimate of drug-likeness (QED) is 0.518. The molecule has 0 N–H and O–H groups in total. The van der Waals surface area contributed by atoms with Gasteiger partial charge in [-0.15, -0.1) is 0 Å². The lowest BCUT2D eigenvalue weighted by Crippen LogP contribution is -1.95. The van der Waals surface area contributed by atoms with Crippen LogP contribution in [0, 0.1) is 0 Å². The minimum Gasteiger partial charge on any atom is -0.283 e. The summed E-state index contributed by atoms with van der Waals surface area (Å²) in [6.45, 7) is 0. The monoisotopic (exact) mass is 246 g/mol.